The molecular weight excluding hydrogens is 248 g/mol. The molecule has 0 spiro atoms. The highest BCUT2D eigenvalue weighted by Gasteiger charge is 2.43. The lowest BCUT2D eigenvalue weighted by molar-refractivity contribution is -0.122. The van der Waals surface area contributed by atoms with Crippen molar-refractivity contribution >= 4 is 11.6 Å². The normalized spacial score (nSPS) is 20.1. The van der Waals surface area contributed by atoms with Crippen molar-refractivity contribution in [2.75, 3.05) is 18.0 Å². The van der Waals surface area contributed by atoms with E-state index in [1.165, 1.54) is 12.8 Å². The Balaban J connectivity index is 1.75. The minimum atomic E-state index is -0.430. The second-order valence-electron chi connectivity index (χ2n) is 6.44. The summed E-state index contributed by atoms with van der Waals surface area (Å²) in [5, 5.41) is 3.45. The van der Waals surface area contributed by atoms with Gasteiger partial charge in [0.2, 0.25) is 5.91 Å². The number of nitrogens with one attached hydrogen (secondary N) is 1. The van der Waals surface area contributed by atoms with Crippen LogP contribution in [0.15, 0.2) is 36.4 Å². The zero-order valence-corrected chi connectivity index (χ0v) is 12.3. The van der Waals surface area contributed by atoms with Crippen LogP contribution in [0.4, 0.5) is 5.69 Å². The average molecular weight is 270 g/mol. The zero-order valence-electron chi connectivity index (χ0n) is 12.3. The first kappa shape index (κ1) is 13.4. The topological polar surface area (TPSA) is 32.3 Å². The fraction of sp³-hybridized carbons (Fsp3) is 0.471. The maximum Gasteiger partial charge on any atom is 0.237 e. The number of hydrogen-bond donors (Lipinski definition) is 1. The third kappa shape index (κ3) is 2.27. The van der Waals surface area contributed by atoms with Crippen LogP contribution in [-0.2, 0) is 10.2 Å². The molecule has 0 bridgehead atoms. The third-order valence-corrected chi connectivity index (χ3v) is 4.25. The number of nitrogens with zero attached hydrogens (tertiary/aromatic N) is 1. The van der Waals surface area contributed by atoms with Gasteiger partial charge in [0.05, 0.1) is 5.41 Å². The maximum absolute atomic E-state index is 12.6. The van der Waals surface area contributed by atoms with E-state index in [1.807, 2.05) is 36.9 Å². The average Bonchev–Trinajstić information content (AvgIpc) is 3.23. The molecule has 2 aliphatic rings. The van der Waals surface area contributed by atoms with Gasteiger partial charge in [-0.3, -0.25) is 4.79 Å². The molecule has 1 aliphatic carbocycles. The summed E-state index contributed by atoms with van der Waals surface area (Å²) in [6.45, 7) is 9.53. The number of para-hydroxylation sites is 1. The van der Waals surface area contributed by atoms with Gasteiger partial charge in [-0.1, -0.05) is 24.8 Å². The number of carbonyl (C=O) groups excluding carboxylic acids is 1. The molecule has 3 heteroatoms. The van der Waals surface area contributed by atoms with Gasteiger partial charge in [-0.2, -0.15) is 0 Å². The Morgan fingerprint density at radius 2 is 2.10 bits per heavy atom. The van der Waals surface area contributed by atoms with Crippen molar-refractivity contribution in [2.45, 2.75) is 38.1 Å². The Bertz CT molecular complexity index is 558. The molecule has 1 aromatic carbocycles. The van der Waals surface area contributed by atoms with Gasteiger partial charge in [0, 0.05) is 24.8 Å². The van der Waals surface area contributed by atoms with E-state index in [0.29, 0.717) is 12.6 Å². The van der Waals surface area contributed by atoms with E-state index in [0.717, 1.165) is 23.4 Å². The van der Waals surface area contributed by atoms with Gasteiger partial charge >= 0.3 is 0 Å². The van der Waals surface area contributed by atoms with Crippen molar-refractivity contribution in [1.82, 2.24) is 5.32 Å². The lowest BCUT2D eigenvalue weighted by atomic mass is 9.86. The van der Waals surface area contributed by atoms with Gasteiger partial charge in [0.25, 0.3) is 0 Å². The number of rotatable bonds is 5. The summed E-state index contributed by atoms with van der Waals surface area (Å²) in [7, 11) is 0. The van der Waals surface area contributed by atoms with Crippen molar-refractivity contribution in [1.29, 1.82) is 0 Å². The lowest BCUT2D eigenvalue weighted by Gasteiger charge is -2.21. The Morgan fingerprint density at radius 1 is 1.40 bits per heavy atom. The van der Waals surface area contributed by atoms with Gasteiger partial charge in [-0.05, 0) is 43.9 Å². The van der Waals surface area contributed by atoms with E-state index in [4.69, 9.17) is 0 Å². The molecule has 1 aromatic rings. The standard InChI is InChI=1S/C17H22N2O/c1-12(10-18-13-8-9-13)11-19-15-7-5-4-6-14(15)17(2,3)16(19)20/h4-7,13,18H,1,8-11H2,2-3H3. The van der Waals surface area contributed by atoms with Crippen molar-refractivity contribution < 1.29 is 4.79 Å². The predicted octanol–water partition coefficient (Wildman–Crippen LogP) is 2.62. The van der Waals surface area contributed by atoms with Crippen LogP contribution in [0.5, 0.6) is 0 Å². The summed E-state index contributed by atoms with van der Waals surface area (Å²) >= 11 is 0. The highest BCUT2D eigenvalue weighted by molar-refractivity contribution is 6.07. The second-order valence-corrected chi connectivity index (χ2v) is 6.44. The van der Waals surface area contributed by atoms with Crippen LogP contribution in [-0.4, -0.2) is 25.0 Å². The van der Waals surface area contributed by atoms with Crippen LogP contribution in [0.3, 0.4) is 0 Å². The van der Waals surface area contributed by atoms with Crippen LogP contribution >= 0.6 is 0 Å². The molecule has 0 saturated heterocycles. The van der Waals surface area contributed by atoms with Crippen LogP contribution in [0.2, 0.25) is 0 Å². The van der Waals surface area contributed by atoms with E-state index in [-0.39, 0.29) is 5.91 Å². The molecule has 0 radical (unpaired) electrons. The summed E-state index contributed by atoms with van der Waals surface area (Å²) in [6, 6.07) is 8.75. The van der Waals surface area contributed by atoms with E-state index in [1.54, 1.807) is 0 Å². The summed E-state index contributed by atoms with van der Waals surface area (Å²) < 4.78 is 0. The lowest BCUT2D eigenvalue weighted by Crippen LogP contribution is -2.38. The smallest absolute Gasteiger partial charge is 0.237 e. The molecule has 0 atom stereocenters. The first-order chi connectivity index (χ1) is 9.50. The molecule has 1 amide bonds. The van der Waals surface area contributed by atoms with E-state index in [9.17, 15) is 4.79 Å². The summed E-state index contributed by atoms with van der Waals surface area (Å²) in [5.41, 5.74) is 2.79. The number of benzene rings is 1. The van der Waals surface area contributed by atoms with Crippen molar-refractivity contribution in [3.8, 4) is 0 Å². The quantitative estimate of drug-likeness (QED) is 0.834. The molecule has 1 aliphatic heterocycles. The van der Waals surface area contributed by atoms with Crippen LogP contribution < -0.4 is 10.2 Å². The number of hydrogen-bond acceptors (Lipinski definition) is 2. The first-order valence-corrected chi connectivity index (χ1v) is 7.31. The Kier molecular flexibility index (Phi) is 3.17. The number of anilines is 1. The molecule has 3 rings (SSSR count). The highest BCUT2D eigenvalue weighted by Crippen LogP contribution is 2.41. The molecule has 1 saturated carbocycles. The monoisotopic (exact) mass is 270 g/mol. The van der Waals surface area contributed by atoms with Gasteiger partial charge in [-0.25, -0.2) is 0 Å². The zero-order chi connectivity index (χ0) is 14.3. The van der Waals surface area contributed by atoms with E-state index < -0.39 is 5.41 Å². The second kappa shape index (κ2) is 4.74. The summed E-state index contributed by atoms with van der Waals surface area (Å²) in [5.74, 6) is 0.172. The largest absolute Gasteiger partial charge is 0.310 e. The van der Waals surface area contributed by atoms with Crippen molar-refractivity contribution in [3.05, 3.63) is 42.0 Å². The van der Waals surface area contributed by atoms with Crippen molar-refractivity contribution in [2.24, 2.45) is 0 Å². The minimum Gasteiger partial charge on any atom is -0.310 e. The van der Waals surface area contributed by atoms with Gasteiger partial charge in [0.1, 0.15) is 0 Å². The predicted molar refractivity (Wildman–Crippen MR) is 82.0 cm³/mol. The minimum absolute atomic E-state index is 0.172. The van der Waals surface area contributed by atoms with Crippen LogP contribution in [0.1, 0.15) is 32.3 Å². The molecule has 1 fully saturated rings. The Morgan fingerprint density at radius 3 is 2.80 bits per heavy atom. The fourth-order valence-corrected chi connectivity index (χ4v) is 2.81. The summed E-state index contributed by atoms with van der Waals surface area (Å²) in [4.78, 5) is 14.5. The Labute approximate surface area is 120 Å². The van der Waals surface area contributed by atoms with Gasteiger partial charge < -0.3 is 10.2 Å². The first-order valence-electron chi connectivity index (χ1n) is 7.31. The number of amides is 1. The number of fused-ring (bicyclic) bond motifs is 1. The third-order valence-electron chi connectivity index (χ3n) is 4.25. The van der Waals surface area contributed by atoms with Crippen LogP contribution in [0, 0.1) is 0 Å². The fourth-order valence-electron chi connectivity index (χ4n) is 2.81. The van der Waals surface area contributed by atoms with Crippen LogP contribution in [0.25, 0.3) is 0 Å². The molecule has 0 aromatic heterocycles. The molecule has 20 heavy (non-hydrogen) atoms. The van der Waals surface area contributed by atoms with E-state index in [2.05, 4.69) is 18.0 Å². The molecule has 1 heterocycles. The Hall–Kier alpha value is -1.61. The molecule has 3 nitrogen and oxygen atoms in total. The highest BCUT2D eigenvalue weighted by atomic mass is 16.2. The molecule has 106 valence electrons. The van der Waals surface area contributed by atoms with Crippen molar-refractivity contribution in [3.63, 3.8) is 0 Å². The van der Waals surface area contributed by atoms with Gasteiger partial charge in [-0.15, -0.1) is 0 Å². The molecule has 0 unspecified atom stereocenters. The molecule has 1 N–H and O–H groups in total. The van der Waals surface area contributed by atoms with Gasteiger partial charge in [0.15, 0.2) is 0 Å². The maximum atomic E-state index is 12.6. The number of carbonyl (C=O) groups is 1. The summed E-state index contributed by atoms with van der Waals surface area (Å²) in [6.07, 6.45) is 2.54. The molecular formula is C17H22N2O. The van der Waals surface area contributed by atoms with E-state index >= 15 is 0 Å². The SMILES string of the molecule is C=C(CNC1CC1)CN1C(=O)C(C)(C)c2ccccc21.